The second kappa shape index (κ2) is 4.04. The molecule has 1 aromatic carbocycles. The predicted molar refractivity (Wildman–Crippen MR) is 67.4 cm³/mol. The van der Waals surface area contributed by atoms with Crippen LogP contribution in [-0.2, 0) is 11.6 Å². The standard InChI is InChI=1S/C13H14F3N3O/c14-13(15,16)8-1-2-10-9(5-8)12(6-18-10)3-4-19(7-12)11(17)20/h1-2,5,18H,3-4,6-7H2,(H2,17,20). The van der Waals surface area contributed by atoms with Gasteiger partial charge in [-0.2, -0.15) is 13.2 Å². The Bertz CT molecular complexity index is 572. The Morgan fingerprint density at radius 2 is 2.15 bits per heavy atom. The molecule has 3 N–H and O–H groups in total. The van der Waals surface area contributed by atoms with Crippen molar-refractivity contribution < 1.29 is 18.0 Å². The van der Waals surface area contributed by atoms with Gasteiger partial charge in [-0.05, 0) is 30.2 Å². The van der Waals surface area contributed by atoms with Crippen molar-refractivity contribution in [2.75, 3.05) is 25.0 Å². The number of amides is 2. The van der Waals surface area contributed by atoms with Crippen molar-refractivity contribution in [3.63, 3.8) is 0 Å². The summed E-state index contributed by atoms with van der Waals surface area (Å²) in [5.41, 5.74) is 5.49. The summed E-state index contributed by atoms with van der Waals surface area (Å²) in [7, 11) is 0. The van der Waals surface area contributed by atoms with E-state index < -0.39 is 23.2 Å². The highest BCUT2D eigenvalue weighted by Crippen LogP contribution is 2.45. The molecule has 2 aliphatic heterocycles. The number of primary amides is 1. The van der Waals surface area contributed by atoms with E-state index in [1.54, 1.807) is 0 Å². The maximum atomic E-state index is 12.8. The first kappa shape index (κ1) is 13.1. The van der Waals surface area contributed by atoms with Crippen LogP contribution in [0.5, 0.6) is 0 Å². The van der Waals surface area contributed by atoms with E-state index in [-0.39, 0.29) is 0 Å². The molecule has 20 heavy (non-hydrogen) atoms. The summed E-state index contributed by atoms with van der Waals surface area (Å²) in [5, 5.41) is 3.12. The quantitative estimate of drug-likeness (QED) is 0.767. The number of alkyl halides is 3. The van der Waals surface area contributed by atoms with Crippen LogP contribution in [0, 0.1) is 0 Å². The summed E-state index contributed by atoms with van der Waals surface area (Å²) in [6.45, 7) is 1.38. The first-order chi connectivity index (χ1) is 9.32. The molecular weight excluding hydrogens is 271 g/mol. The van der Waals surface area contributed by atoms with Gasteiger partial charge in [0.1, 0.15) is 0 Å². The molecule has 4 nitrogen and oxygen atoms in total. The van der Waals surface area contributed by atoms with Gasteiger partial charge in [-0.3, -0.25) is 0 Å². The summed E-state index contributed by atoms with van der Waals surface area (Å²) < 4.78 is 38.5. The van der Waals surface area contributed by atoms with Crippen LogP contribution in [0.3, 0.4) is 0 Å². The van der Waals surface area contributed by atoms with Crippen LogP contribution in [0.25, 0.3) is 0 Å². The molecule has 1 spiro atoms. The lowest BCUT2D eigenvalue weighted by molar-refractivity contribution is -0.137. The van der Waals surface area contributed by atoms with E-state index in [0.717, 1.165) is 6.07 Å². The average molecular weight is 285 g/mol. The molecule has 3 rings (SSSR count). The number of likely N-dealkylation sites (tertiary alicyclic amines) is 1. The van der Waals surface area contributed by atoms with Crippen LogP contribution < -0.4 is 11.1 Å². The number of carbonyl (C=O) groups is 1. The Kier molecular flexibility index (Phi) is 2.64. The van der Waals surface area contributed by atoms with Crippen molar-refractivity contribution in [2.24, 2.45) is 5.73 Å². The van der Waals surface area contributed by atoms with Gasteiger partial charge in [-0.1, -0.05) is 0 Å². The lowest BCUT2D eigenvalue weighted by atomic mass is 9.81. The number of carbonyl (C=O) groups excluding carboxylic acids is 1. The number of benzene rings is 1. The van der Waals surface area contributed by atoms with Gasteiger partial charge in [0.15, 0.2) is 0 Å². The molecule has 2 heterocycles. The van der Waals surface area contributed by atoms with Crippen LogP contribution >= 0.6 is 0 Å². The van der Waals surface area contributed by atoms with Crippen LogP contribution in [-0.4, -0.2) is 30.6 Å². The van der Waals surface area contributed by atoms with Crippen LogP contribution in [0.4, 0.5) is 23.7 Å². The van der Waals surface area contributed by atoms with Gasteiger partial charge in [-0.25, -0.2) is 4.79 Å². The number of hydrogen-bond acceptors (Lipinski definition) is 2. The fourth-order valence-electron chi connectivity index (χ4n) is 3.10. The molecule has 2 aliphatic rings. The molecule has 2 amide bonds. The SMILES string of the molecule is NC(=O)N1CCC2(CNc3ccc(C(F)(F)F)cc32)C1. The van der Waals surface area contributed by atoms with E-state index in [1.807, 2.05) is 0 Å². The van der Waals surface area contributed by atoms with Crippen LogP contribution in [0.15, 0.2) is 18.2 Å². The monoisotopic (exact) mass is 285 g/mol. The van der Waals surface area contributed by atoms with Gasteiger partial charge in [0, 0.05) is 30.7 Å². The van der Waals surface area contributed by atoms with Crippen LogP contribution in [0.2, 0.25) is 0 Å². The summed E-state index contributed by atoms with van der Waals surface area (Å²) in [4.78, 5) is 12.7. The Balaban J connectivity index is 1.99. The molecule has 108 valence electrons. The molecule has 7 heteroatoms. The van der Waals surface area contributed by atoms with Crippen molar-refractivity contribution in [1.82, 2.24) is 4.90 Å². The van der Waals surface area contributed by atoms with Gasteiger partial charge < -0.3 is 16.0 Å². The number of urea groups is 1. The number of rotatable bonds is 0. The molecule has 1 atom stereocenters. The number of fused-ring (bicyclic) bond motifs is 2. The summed E-state index contributed by atoms with van der Waals surface area (Å²) in [6, 6.07) is 3.20. The first-order valence-corrected chi connectivity index (χ1v) is 6.32. The predicted octanol–water partition coefficient (Wildman–Crippen LogP) is 2.15. The minimum absolute atomic E-state index is 0.365. The lowest BCUT2D eigenvalue weighted by Gasteiger charge is -2.24. The molecule has 0 radical (unpaired) electrons. The van der Waals surface area contributed by atoms with Gasteiger partial charge >= 0.3 is 12.2 Å². The summed E-state index contributed by atoms with van der Waals surface area (Å²) >= 11 is 0. The third-order valence-electron chi connectivity index (χ3n) is 4.20. The maximum absolute atomic E-state index is 12.8. The number of halogens is 3. The van der Waals surface area contributed by atoms with Crippen LogP contribution in [0.1, 0.15) is 17.5 Å². The fourth-order valence-corrected chi connectivity index (χ4v) is 3.10. The van der Waals surface area contributed by atoms with Crippen molar-refractivity contribution in [3.05, 3.63) is 29.3 Å². The molecule has 0 aliphatic carbocycles. The Morgan fingerprint density at radius 3 is 2.75 bits per heavy atom. The molecule has 0 aromatic heterocycles. The van der Waals surface area contributed by atoms with E-state index in [1.165, 1.54) is 17.0 Å². The first-order valence-electron chi connectivity index (χ1n) is 6.32. The number of anilines is 1. The highest BCUT2D eigenvalue weighted by molar-refractivity contribution is 5.73. The molecular formula is C13H14F3N3O. The van der Waals surface area contributed by atoms with Gasteiger partial charge in [0.2, 0.25) is 0 Å². The van der Waals surface area contributed by atoms with Gasteiger partial charge in [-0.15, -0.1) is 0 Å². The zero-order valence-corrected chi connectivity index (χ0v) is 10.6. The lowest BCUT2D eigenvalue weighted by Crippen LogP contribution is -2.38. The maximum Gasteiger partial charge on any atom is 0.416 e. The van der Waals surface area contributed by atoms with E-state index >= 15 is 0 Å². The molecule has 1 unspecified atom stereocenters. The zero-order chi connectivity index (χ0) is 14.5. The third kappa shape index (κ3) is 1.88. The largest absolute Gasteiger partial charge is 0.416 e. The molecule has 1 fully saturated rings. The topological polar surface area (TPSA) is 58.4 Å². The summed E-state index contributed by atoms with van der Waals surface area (Å²) in [6.07, 6.45) is -3.74. The summed E-state index contributed by atoms with van der Waals surface area (Å²) in [5.74, 6) is 0. The molecule has 0 saturated carbocycles. The fraction of sp³-hybridized carbons (Fsp3) is 0.462. The Morgan fingerprint density at radius 1 is 1.40 bits per heavy atom. The molecule has 1 saturated heterocycles. The number of nitrogens with one attached hydrogen (secondary N) is 1. The average Bonchev–Trinajstić information content (AvgIpc) is 2.95. The minimum atomic E-state index is -4.36. The van der Waals surface area contributed by atoms with Crippen molar-refractivity contribution in [3.8, 4) is 0 Å². The Labute approximate surface area is 113 Å². The minimum Gasteiger partial charge on any atom is -0.384 e. The number of hydrogen-bond donors (Lipinski definition) is 2. The second-order valence-electron chi connectivity index (χ2n) is 5.40. The van der Waals surface area contributed by atoms with Crippen molar-refractivity contribution in [1.29, 1.82) is 0 Å². The molecule has 0 bridgehead atoms. The zero-order valence-electron chi connectivity index (χ0n) is 10.6. The highest BCUT2D eigenvalue weighted by atomic mass is 19.4. The number of nitrogens with two attached hydrogens (primary N) is 1. The van der Waals surface area contributed by atoms with E-state index in [4.69, 9.17) is 5.73 Å². The third-order valence-corrected chi connectivity index (χ3v) is 4.20. The Hall–Kier alpha value is -1.92. The highest BCUT2D eigenvalue weighted by Gasteiger charge is 2.46. The van der Waals surface area contributed by atoms with E-state index in [2.05, 4.69) is 5.32 Å². The van der Waals surface area contributed by atoms with Crippen molar-refractivity contribution >= 4 is 11.7 Å². The van der Waals surface area contributed by atoms with Gasteiger partial charge in [0.05, 0.1) is 5.56 Å². The molecule has 1 aromatic rings. The van der Waals surface area contributed by atoms with E-state index in [0.29, 0.717) is 37.3 Å². The van der Waals surface area contributed by atoms with Crippen molar-refractivity contribution in [2.45, 2.75) is 18.0 Å². The second-order valence-corrected chi connectivity index (χ2v) is 5.40. The van der Waals surface area contributed by atoms with Gasteiger partial charge in [0.25, 0.3) is 0 Å². The van der Waals surface area contributed by atoms with E-state index in [9.17, 15) is 18.0 Å². The number of nitrogens with zero attached hydrogens (tertiary/aromatic N) is 1. The normalized spacial score (nSPS) is 24.9. The smallest absolute Gasteiger partial charge is 0.384 e.